The Balaban J connectivity index is 2.54. The van der Waals surface area contributed by atoms with E-state index < -0.39 is 0 Å². The number of rotatable bonds is 3. The summed E-state index contributed by atoms with van der Waals surface area (Å²) in [7, 11) is 0. The predicted octanol–water partition coefficient (Wildman–Crippen LogP) is 1.06. The number of carbonyl (C=O) groups is 1. The first-order chi connectivity index (χ1) is 6.56. The monoisotopic (exact) mass is 199 g/mol. The maximum absolute atomic E-state index is 11.5. The van der Waals surface area contributed by atoms with Crippen LogP contribution in [0.3, 0.4) is 0 Å². The number of nitrogens with zero attached hydrogens (tertiary/aromatic N) is 1. The van der Waals surface area contributed by atoms with E-state index in [9.17, 15) is 9.90 Å². The molecule has 0 spiro atoms. The van der Waals surface area contributed by atoms with E-state index in [1.807, 2.05) is 13.8 Å². The molecule has 82 valence electrons. The topological polar surface area (TPSA) is 40.5 Å². The van der Waals surface area contributed by atoms with Gasteiger partial charge in [-0.25, -0.2) is 0 Å². The highest BCUT2D eigenvalue weighted by molar-refractivity contribution is 5.82. The number of hydrogen-bond donors (Lipinski definition) is 1. The van der Waals surface area contributed by atoms with Crippen molar-refractivity contribution in [2.45, 2.75) is 45.8 Å². The number of hydrogen-bond acceptors (Lipinski definition) is 3. The van der Waals surface area contributed by atoms with Gasteiger partial charge in [-0.2, -0.15) is 0 Å². The Kier molecular flexibility index (Phi) is 4.08. The van der Waals surface area contributed by atoms with Gasteiger partial charge in [-0.3, -0.25) is 9.69 Å². The zero-order chi connectivity index (χ0) is 10.7. The van der Waals surface area contributed by atoms with Crippen LogP contribution in [0.15, 0.2) is 0 Å². The lowest BCUT2D eigenvalue weighted by atomic mass is 9.92. The lowest BCUT2D eigenvalue weighted by Gasteiger charge is -2.36. The van der Waals surface area contributed by atoms with Gasteiger partial charge in [-0.1, -0.05) is 6.92 Å². The van der Waals surface area contributed by atoms with Crippen LogP contribution >= 0.6 is 0 Å². The molecular formula is C11H21NO2. The molecule has 1 N–H and O–H groups in total. The third-order valence-electron chi connectivity index (χ3n) is 3.32. The van der Waals surface area contributed by atoms with E-state index in [2.05, 4.69) is 11.8 Å². The average molecular weight is 199 g/mol. The SMILES string of the molecule is CCC1CN(C(C)C(C)O)CCC1=O. The van der Waals surface area contributed by atoms with Gasteiger partial charge in [-0.05, 0) is 20.3 Å². The molecule has 3 unspecified atom stereocenters. The molecule has 3 heteroatoms. The second kappa shape index (κ2) is 4.89. The van der Waals surface area contributed by atoms with Gasteiger partial charge in [0.15, 0.2) is 0 Å². The molecule has 1 aliphatic heterocycles. The maximum Gasteiger partial charge on any atom is 0.138 e. The van der Waals surface area contributed by atoms with Crippen molar-refractivity contribution in [1.82, 2.24) is 4.90 Å². The van der Waals surface area contributed by atoms with E-state index in [4.69, 9.17) is 0 Å². The van der Waals surface area contributed by atoms with Gasteiger partial charge in [0.2, 0.25) is 0 Å². The van der Waals surface area contributed by atoms with Crippen molar-refractivity contribution in [3.05, 3.63) is 0 Å². The fourth-order valence-corrected chi connectivity index (χ4v) is 1.97. The van der Waals surface area contributed by atoms with Gasteiger partial charge >= 0.3 is 0 Å². The fraction of sp³-hybridized carbons (Fsp3) is 0.909. The molecule has 1 rings (SSSR count). The molecule has 1 heterocycles. The van der Waals surface area contributed by atoms with Crippen LogP contribution in [0, 0.1) is 5.92 Å². The van der Waals surface area contributed by atoms with Crippen LogP contribution in [0.2, 0.25) is 0 Å². The summed E-state index contributed by atoms with van der Waals surface area (Å²) in [6.07, 6.45) is 1.25. The summed E-state index contributed by atoms with van der Waals surface area (Å²) in [4.78, 5) is 13.7. The van der Waals surface area contributed by atoms with Crippen LogP contribution < -0.4 is 0 Å². The Morgan fingerprint density at radius 3 is 2.71 bits per heavy atom. The number of ketones is 1. The molecule has 0 saturated carbocycles. The van der Waals surface area contributed by atoms with Gasteiger partial charge in [0.05, 0.1) is 6.10 Å². The standard InChI is InChI=1S/C11H21NO2/c1-4-10-7-12(6-5-11(10)14)8(2)9(3)13/h8-10,13H,4-7H2,1-3H3. The molecule has 3 nitrogen and oxygen atoms in total. The molecule has 0 aromatic rings. The highest BCUT2D eigenvalue weighted by Crippen LogP contribution is 2.19. The molecule has 0 radical (unpaired) electrons. The summed E-state index contributed by atoms with van der Waals surface area (Å²) >= 11 is 0. The Labute approximate surface area is 86.1 Å². The molecule has 14 heavy (non-hydrogen) atoms. The third-order valence-corrected chi connectivity index (χ3v) is 3.32. The van der Waals surface area contributed by atoms with E-state index in [1.54, 1.807) is 0 Å². The second-order valence-corrected chi connectivity index (χ2v) is 4.30. The summed E-state index contributed by atoms with van der Waals surface area (Å²) in [5.41, 5.74) is 0. The van der Waals surface area contributed by atoms with Crippen LogP contribution in [-0.4, -0.2) is 41.0 Å². The number of aliphatic hydroxyl groups is 1. The Morgan fingerprint density at radius 1 is 1.57 bits per heavy atom. The van der Waals surface area contributed by atoms with Gasteiger partial charge < -0.3 is 5.11 Å². The third kappa shape index (κ3) is 2.55. The van der Waals surface area contributed by atoms with Crippen molar-refractivity contribution in [3.63, 3.8) is 0 Å². The first kappa shape index (κ1) is 11.7. The zero-order valence-corrected chi connectivity index (χ0v) is 9.36. The largest absolute Gasteiger partial charge is 0.392 e. The summed E-state index contributed by atoms with van der Waals surface area (Å²) in [5, 5.41) is 9.47. The second-order valence-electron chi connectivity index (χ2n) is 4.30. The summed E-state index contributed by atoms with van der Waals surface area (Å²) in [6, 6.07) is 0.164. The van der Waals surface area contributed by atoms with Gasteiger partial charge in [0, 0.05) is 31.5 Å². The smallest absolute Gasteiger partial charge is 0.138 e. The normalized spacial score (nSPS) is 28.9. The molecule has 1 fully saturated rings. The van der Waals surface area contributed by atoms with Crippen molar-refractivity contribution >= 4 is 5.78 Å². The quantitative estimate of drug-likeness (QED) is 0.739. The molecule has 3 atom stereocenters. The number of likely N-dealkylation sites (tertiary alicyclic amines) is 1. The molecule has 0 aliphatic carbocycles. The number of Topliss-reactive ketones (excluding diaryl/α,β-unsaturated/α-hetero) is 1. The lowest BCUT2D eigenvalue weighted by Crippen LogP contribution is -2.48. The number of piperidine rings is 1. The first-order valence-electron chi connectivity index (χ1n) is 5.51. The first-order valence-corrected chi connectivity index (χ1v) is 5.51. The van der Waals surface area contributed by atoms with E-state index in [0.29, 0.717) is 12.2 Å². The van der Waals surface area contributed by atoms with Crippen LogP contribution in [-0.2, 0) is 4.79 Å². The molecular weight excluding hydrogens is 178 g/mol. The van der Waals surface area contributed by atoms with Crippen LogP contribution in [0.4, 0.5) is 0 Å². The van der Waals surface area contributed by atoms with Gasteiger partial charge in [0.1, 0.15) is 5.78 Å². The van der Waals surface area contributed by atoms with E-state index in [0.717, 1.165) is 19.5 Å². The molecule has 0 aromatic carbocycles. The minimum Gasteiger partial charge on any atom is -0.392 e. The fourth-order valence-electron chi connectivity index (χ4n) is 1.97. The molecule has 0 amide bonds. The van der Waals surface area contributed by atoms with Crippen molar-refractivity contribution in [3.8, 4) is 0 Å². The molecule has 0 bridgehead atoms. The minimum absolute atomic E-state index is 0.164. The van der Waals surface area contributed by atoms with Crippen LogP contribution in [0.5, 0.6) is 0 Å². The predicted molar refractivity (Wildman–Crippen MR) is 56.1 cm³/mol. The maximum atomic E-state index is 11.5. The molecule has 1 saturated heterocycles. The van der Waals surface area contributed by atoms with Crippen molar-refractivity contribution in [1.29, 1.82) is 0 Å². The summed E-state index contributed by atoms with van der Waals surface area (Å²) in [5.74, 6) is 0.575. The Hall–Kier alpha value is -0.410. The van der Waals surface area contributed by atoms with Crippen molar-refractivity contribution in [2.75, 3.05) is 13.1 Å². The highest BCUT2D eigenvalue weighted by Gasteiger charge is 2.29. The van der Waals surface area contributed by atoms with E-state index in [-0.39, 0.29) is 18.1 Å². The van der Waals surface area contributed by atoms with Gasteiger partial charge in [0.25, 0.3) is 0 Å². The lowest BCUT2D eigenvalue weighted by molar-refractivity contribution is -0.127. The number of aliphatic hydroxyl groups excluding tert-OH is 1. The van der Waals surface area contributed by atoms with Crippen molar-refractivity contribution < 1.29 is 9.90 Å². The Bertz CT molecular complexity index is 203. The van der Waals surface area contributed by atoms with E-state index >= 15 is 0 Å². The average Bonchev–Trinajstić information content (AvgIpc) is 2.17. The minimum atomic E-state index is -0.319. The van der Waals surface area contributed by atoms with Crippen molar-refractivity contribution in [2.24, 2.45) is 5.92 Å². The van der Waals surface area contributed by atoms with E-state index in [1.165, 1.54) is 0 Å². The zero-order valence-electron chi connectivity index (χ0n) is 9.36. The summed E-state index contributed by atoms with van der Waals surface area (Å²) < 4.78 is 0. The molecule has 0 aromatic heterocycles. The van der Waals surface area contributed by atoms with Gasteiger partial charge in [-0.15, -0.1) is 0 Å². The van der Waals surface area contributed by atoms with Crippen LogP contribution in [0.1, 0.15) is 33.6 Å². The molecule has 1 aliphatic rings. The number of carbonyl (C=O) groups excluding carboxylic acids is 1. The summed E-state index contributed by atoms with van der Waals surface area (Å²) in [6.45, 7) is 7.51. The van der Waals surface area contributed by atoms with Crippen LogP contribution in [0.25, 0.3) is 0 Å². The Morgan fingerprint density at radius 2 is 2.21 bits per heavy atom. The highest BCUT2D eigenvalue weighted by atomic mass is 16.3.